The Morgan fingerprint density at radius 2 is 2.04 bits per heavy atom. The van der Waals surface area contributed by atoms with Gasteiger partial charge in [0.05, 0.1) is 12.2 Å². The highest BCUT2D eigenvalue weighted by Crippen LogP contribution is 2.32. The number of benzene rings is 2. The molecule has 2 aromatic carbocycles. The number of fused-ring (bicyclic) bond motifs is 1. The van der Waals surface area contributed by atoms with Crippen LogP contribution in [-0.4, -0.2) is 25.3 Å². The first-order valence-electron chi connectivity index (χ1n) is 7.73. The largest absolute Gasteiger partial charge is 0.481 e. The molecule has 1 aliphatic heterocycles. The number of esters is 1. The van der Waals surface area contributed by atoms with Crippen LogP contribution in [0.1, 0.15) is 21.5 Å². The number of hydrogen-bond acceptors (Lipinski definition) is 6. The van der Waals surface area contributed by atoms with Gasteiger partial charge in [-0.15, -0.1) is 0 Å². The van der Waals surface area contributed by atoms with Crippen LogP contribution in [0.2, 0.25) is 5.02 Å². The van der Waals surface area contributed by atoms with Gasteiger partial charge in [-0.25, -0.2) is 4.79 Å². The molecule has 0 unspecified atom stereocenters. The molecule has 136 valence electrons. The Morgan fingerprint density at radius 1 is 1.23 bits per heavy atom. The van der Waals surface area contributed by atoms with Gasteiger partial charge in [-0.3, -0.25) is 4.79 Å². The van der Waals surface area contributed by atoms with Crippen molar-refractivity contribution in [3.8, 4) is 11.5 Å². The maximum absolute atomic E-state index is 12.0. The van der Waals surface area contributed by atoms with Crippen molar-refractivity contribution in [3.63, 3.8) is 0 Å². The molecule has 0 bridgehead atoms. The molecule has 0 saturated carbocycles. The summed E-state index contributed by atoms with van der Waals surface area (Å²) < 4.78 is 21.2. The number of primary amides is 1. The summed E-state index contributed by atoms with van der Waals surface area (Å²) in [4.78, 5) is 23.3. The maximum atomic E-state index is 12.0. The molecule has 1 aliphatic rings. The predicted octanol–water partition coefficient (Wildman–Crippen LogP) is 2.43. The van der Waals surface area contributed by atoms with E-state index in [0.29, 0.717) is 22.9 Å². The second-order valence-corrected chi connectivity index (χ2v) is 5.91. The van der Waals surface area contributed by atoms with E-state index in [1.54, 1.807) is 30.3 Å². The molecule has 0 fully saturated rings. The Balaban J connectivity index is 1.60. The molecule has 2 N–H and O–H groups in total. The van der Waals surface area contributed by atoms with Crippen LogP contribution in [0.4, 0.5) is 0 Å². The normalized spacial score (nSPS) is 12.7. The van der Waals surface area contributed by atoms with E-state index in [4.69, 9.17) is 36.3 Å². The van der Waals surface area contributed by atoms with E-state index in [-0.39, 0.29) is 31.3 Å². The summed E-state index contributed by atoms with van der Waals surface area (Å²) in [5.41, 5.74) is 6.89. The Hall–Kier alpha value is -2.77. The van der Waals surface area contributed by atoms with Crippen molar-refractivity contribution in [2.24, 2.45) is 5.73 Å². The molecule has 2 aromatic rings. The number of hydrogen-bond donors (Lipinski definition) is 1. The highest BCUT2D eigenvalue weighted by molar-refractivity contribution is 6.30. The molecule has 0 saturated heterocycles. The number of carbonyl (C=O) groups is 2. The van der Waals surface area contributed by atoms with Crippen LogP contribution in [0.25, 0.3) is 0 Å². The number of nitrogens with two attached hydrogens (primary N) is 1. The van der Waals surface area contributed by atoms with Crippen LogP contribution < -0.4 is 15.2 Å². The Morgan fingerprint density at radius 3 is 2.85 bits per heavy atom. The van der Waals surface area contributed by atoms with Crippen molar-refractivity contribution < 1.29 is 28.5 Å². The molecular formula is C18H16ClNO6. The molecule has 8 heteroatoms. The third-order valence-electron chi connectivity index (χ3n) is 3.64. The molecule has 0 aliphatic carbocycles. The predicted molar refractivity (Wildman–Crippen MR) is 92.0 cm³/mol. The van der Waals surface area contributed by atoms with Gasteiger partial charge in [0.1, 0.15) is 18.1 Å². The van der Waals surface area contributed by atoms with Gasteiger partial charge < -0.3 is 24.7 Å². The molecule has 7 nitrogen and oxygen atoms in total. The van der Waals surface area contributed by atoms with Gasteiger partial charge in [0.25, 0.3) is 5.91 Å². The van der Waals surface area contributed by atoms with Crippen molar-refractivity contribution in [1.29, 1.82) is 0 Å². The van der Waals surface area contributed by atoms with Crippen molar-refractivity contribution in [3.05, 3.63) is 58.1 Å². The van der Waals surface area contributed by atoms with E-state index in [0.717, 1.165) is 5.56 Å². The van der Waals surface area contributed by atoms with Gasteiger partial charge in [0.15, 0.2) is 13.4 Å². The summed E-state index contributed by atoms with van der Waals surface area (Å²) in [5.74, 6) is -0.421. The molecular weight excluding hydrogens is 362 g/mol. The monoisotopic (exact) mass is 377 g/mol. The Kier molecular flexibility index (Phi) is 5.60. The lowest BCUT2D eigenvalue weighted by Crippen LogP contribution is -2.19. The van der Waals surface area contributed by atoms with Crippen LogP contribution in [0.15, 0.2) is 36.4 Å². The van der Waals surface area contributed by atoms with E-state index in [1.165, 1.54) is 6.07 Å². The van der Waals surface area contributed by atoms with E-state index in [2.05, 4.69) is 0 Å². The molecule has 0 aromatic heterocycles. The fraction of sp³-hybridized carbons (Fsp3) is 0.222. The van der Waals surface area contributed by atoms with Crippen molar-refractivity contribution in [2.45, 2.75) is 13.2 Å². The van der Waals surface area contributed by atoms with E-state index in [9.17, 15) is 9.59 Å². The SMILES string of the molecule is NC(=O)c1ccccc1OCC(=O)OCc1cc(Cl)cc2c1OCOC2. The second-order valence-electron chi connectivity index (χ2n) is 5.47. The van der Waals surface area contributed by atoms with Gasteiger partial charge in [0, 0.05) is 16.1 Å². The Bertz CT molecular complexity index is 838. The van der Waals surface area contributed by atoms with Gasteiger partial charge in [0.2, 0.25) is 0 Å². The Labute approximate surface area is 154 Å². The van der Waals surface area contributed by atoms with Crippen LogP contribution in [-0.2, 0) is 27.5 Å². The topological polar surface area (TPSA) is 97.1 Å². The quantitative estimate of drug-likeness (QED) is 0.776. The van der Waals surface area contributed by atoms with Gasteiger partial charge in [-0.1, -0.05) is 23.7 Å². The number of rotatable bonds is 6. The molecule has 1 amide bonds. The number of para-hydroxylation sites is 1. The minimum Gasteiger partial charge on any atom is -0.481 e. The van der Waals surface area contributed by atoms with Crippen LogP contribution in [0, 0.1) is 0 Å². The summed E-state index contributed by atoms with van der Waals surface area (Å²) in [6, 6.07) is 9.80. The molecule has 0 spiro atoms. The molecule has 26 heavy (non-hydrogen) atoms. The first-order chi connectivity index (χ1) is 12.5. The summed E-state index contributed by atoms with van der Waals surface area (Å²) in [5, 5.41) is 0.496. The van der Waals surface area contributed by atoms with E-state index in [1.807, 2.05) is 0 Å². The smallest absolute Gasteiger partial charge is 0.344 e. The summed E-state index contributed by atoms with van der Waals surface area (Å²) in [6.07, 6.45) is 0. The zero-order valence-electron chi connectivity index (χ0n) is 13.7. The number of halogens is 1. The van der Waals surface area contributed by atoms with Crippen LogP contribution >= 0.6 is 11.6 Å². The molecule has 3 rings (SSSR count). The lowest BCUT2D eigenvalue weighted by atomic mass is 10.1. The van der Waals surface area contributed by atoms with Crippen LogP contribution in [0.5, 0.6) is 11.5 Å². The number of carbonyl (C=O) groups excluding carboxylic acids is 2. The third-order valence-corrected chi connectivity index (χ3v) is 3.86. The molecule has 0 atom stereocenters. The fourth-order valence-corrected chi connectivity index (χ4v) is 2.76. The zero-order valence-corrected chi connectivity index (χ0v) is 14.5. The lowest BCUT2D eigenvalue weighted by molar-refractivity contribution is -0.147. The fourth-order valence-electron chi connectivity index (χ4n) is 2.50. The van der Waals surface area contributed by atoms with E-state index >= 15 is 0 Å². The highest BCUT2D eigenvalue weighted by Gasteiger charge is 2.18. The van der Waals surface area contributed by atoms with Gasteiger partial charge in [-0.05, 0) is 24.3 Å². The maximum Gasteiger partial charge on any atom is 0.344 e. The average molecular weight is 378 g/mol. The van der Waals surface area contributed by atoms with E-state index < -0.39 is 11.9 Å². The van der Waals surface area contributed by atoms with Crippen LogP contribution in [0.3, 0.4) is 0 Å². The summed E-state index contributed by atoms with van der Waals surface area (Å²) in [6.45, 7) is 0.117. The first-order valence-corrected chi connectivity index (χ1v) is 8.11. The first kappa shape index (κ1) is 18.0. The summed E-state index contributed by atoms with van der Waals surface area (Å²) in [7, 11) is 0. The molecule has 1 heterocycles. The standard InChI is InChI=1S/C18H16ClNO6/c19-13-5-11-7-23-10-26-17(11)12(6-13)8-25-16(21)9-24-15-4-2-1-3-14(15)18(20)22/h1-6H,7-10H2,(H2,20,22). The average Bonchev–Trinajstić information content (AvgIpc) is 2.64. The third kappa shape index (κ3) is 4.25. The second kappa shape index (κ2) is 8.07. The van der Waals surface area contributed by atoms with Crippen molar-refractivity contribution in [2.75, 3.05) is 13.4 Å². The van der Waals surface area contributed by atoms with Gasteiger partial charge >= 0.3 is 5.97 Å². The minimum absolute atomic E-state index is 0.0252. The molecule has 0 radical (unpaired) electrons. The summed E-state index contributed by atoms with van der Waals surface area (Å²) >= 11 is 6.07. The van der Waals surface area contributed by atoms with Crippen molar-refractivity contribution >= 4 is 23.5 Å². The number of amides is 1. The van der Waals surface area contributed by atoms with Crippen molar-refractivity contribution in [1.82, 2.24) is 0 Å². The minimum atomic E-state index is -0.640. The highest BCUT2D eigenvalue weighted by atomic mass is 35.5. The van der Waals surface area contributed by atoms with Gasteiger partial charge in [-0.2, -0.15) is 0 Å². The lowest BCUT2D eigenvalue weighted by Gasteiger charge is -2.21. The number of ether oxygens (including phenoxy) is 4. The zero-order chi connectivity index (χ0) is 18.5.